The maximum absolute atomic E-state index is 9.76. The van der Waals surface area contributed by atoms with E-state index in [1.165, 1.54) is 0 Å². The summed E-state index contributed by atoms with van der Waals surface area (Å²) in [6.07, 6.45) is 1.69. The second-order valence-electron chi connectivity index (χ2n) is 4.85. The van der Waals surface area contributed by atoms with Gasteiger partial charge in [0, 0.05) is 20.0 Å². The first-order chi connectivity index (χ1) is 8.46. The highest BCUT2D eigenvalue weighted by Crippen LogP contribution is 2.22. The first-order valence-corrected chi connectivity index (χ1v) is 6.22. The average Bonchev–Trinajstić information content (AvgIpc) is 2.33. The van der Waals surface area contributed by atoms with Crippen LogP contribution < -0.4 is 0 Å². The maximum atomic E-state index is 9.76. The van der Waals surface area contributed by atoms with Gasteiger partial charge in [-0.1, -0.05) is 6.08 Å². The summed E-state index contributed by atoms with van der Waals surface area (Å²) in [5.74, 6) is -0.650. The van der Waals surface area contributed by atoms with E-state index in [-0.39, 0.29) is 6.10 Å². The molecule has 106 valence electrons. The average molecular weight is 260 g/mol. The molecule has 18 heavy (non-hydrogen) atoms. The molecule has 3 atom stereocenters. The molecule has 0 saturated carbocycles. The van der Waals surface area contributed by atoms with E-state index in [2.05, 4.69) is 6.58 Å². The van der Waals surface area contributed by atoms with E-state index in [4.69, 9.17) is 18.9 Å². The molecule has 0 amide bonds. The summed E-state index contributed by atoms with van der Waals surface area (Å²) in [5.41, 5.74) is 0. The highest BCUT2D eigenvalue weighted by atomic mass is 16.7. The summed E-state index contributed by atoms with van der Waals surface area (Å²) < 4.78 is 21.8. The van der Waals surface area contributed by atoms with Crippen LogP contribution in [0.5, 0.6) is 0 Å². The molecule has 5 heteroatoms. The smallest absolute Gasteiger partial charge is 0.162 e. The second kappa shape index (κ2) is 7.21. The topological polar surface area (TPSA) is 57.2 Å². The van der Waals surface area contributed by atoms with Crippen molar-refractivity contribution >= 4 is 0 Å². The summed E-state index contributed by atoms with van der Waals surface area (Å²) in [5, 5.41) is 9.76. The number of hydrogen-bond acceptors (Lipinski definition) is 5. The number of hydrogen-bond donors (Lipinski definition) is 1. The minimum Gasteiger partial charge on any atom is -0.393 e. The molecule has 3 unspecified atom stereocenters. The second-order valence-corrected chi connectivity index (χ2v) is 4.85. The lowest BCUT2D eigenvalue weighted by molar-refractivity contribution is -0.254. The number of aliphatic hydroxyl groups excluding tert-OH is 1. The molecule has 1 aliphatic rings. The third kappa shape index (κ3) is 5.46. The van der Waals surface area contributed by atoms with Crippen LogP contribution in [0.4, 0.5) is 0 Å². The first-order valence-electron chi connectivity index (χ1n) is 6.22. The van der Waals surface area contributed by atoms with Crippen LogP contribution in [0.1, 0.15) is 26.7 Å². The Labute approximate surface area is 109 Å². The Balaban J connectivity index is 2.38. The molecular formula is C13H24O5. The Bertz CT molecular complexity index is 254. The van der Waals surface area contributed by atoms with Gasteiger partial charge in [0.05, 0.1) is 25.4 Å². The maximum Gasteiger partial charge on any atom is 0.162 e. The molecule has 1 fully saturated rings. The highest BCUT2D eigenvalue weighted by molar-refractivity contribution is 4.75. The van der Waals surface area contributed by atoms with Crippen molar-refractivity contribution in [1.82, 2.24) is 0 Å². The van der Waals surface area contributed by atoms with E-state index in [0.717, 1.165) is 0 Å². The van der Waals surface area contributed by atoms with E-state index in [1.807, 2.05) is 13.8 Å². The van der Waals surface area contributed by atoms with Crippen LogP contribution in [-0.2, 0) is 18.9 Å². The highest BCUT2D eigenvalue weighted by Gasteiger charge is 2.30. The zero-order valence-electron chi connectivity index (χ0n) is 11.4. The van der Waals surface area contributed by atoms with Crippen LogP contribution in [0.15, 0.2) is 12.7 Å². The quantitative estimate of drug-likeness (QED) is 0.554. The summed E-state index contributed by atoms with van der Waals surface area (Å²) in [6.45, 7) is 8.02. The van der Waals surface area contributed by atoms with Gasteiger partial charge in [-0.2, -0.15) is 0 Å². The fourth-order valence-electron chi connectivity index (χ4n) is 1.69. The number of methoxy groups -OCH3 is 1. The van der Waals surface area contributed by atoms with Gasteiger partial charge in [0.1, 0.15) is 0 Å². The van der Waals surface area contributed by atoms with Crippen molar-refractivity contribution in [1.29, 1.82) is 0 Å². The van der Waals surface area contributed by atoms with Crippen LogP contribution in [0.2, 0.25) is 0 Å². The molecule has 1 heterocycles. The van der Waals surface area contributed by atoms with Gasteiger partial charge in [-0.05, 0) is 13.8 Å². The van der Waals surface area contributed by atoms with Crippen LogP contribution in [0.3, 0.4) is 0 Å². The standard InChI is InChI=1S/C13H24O5/c1-5-6-16-12-8-10(14)7-11(18-12)9-17-13(2,3)15-4/h5,10-12,14H,1,6-9H2,2-4H3. The summed E-state index contributed by atoms with van der Waals surface area (Å²) >= 11 is 0. The largest absolute Gasteiger partial charge is 0.393 e. The van der Waals surface area contributed by atoms with E-state index < -0.39 is 18.2 Å². The molecule has 5 nitrogen and oxygen atoms in total. The van der Waals surface area contributed by atoms with Crippen molar-refractivity contribution in [3.63, 3.8) is 0 Å². The molecule has 0 radical (unpaired) electrons. The summed E-state index contributed by atoms with van der Waals surface area (Å²) in [7, 11) is 1.59. The molecule has 0 aromatic heterocycles. The van der Waals surface area contributed by atoms with Crippen molar-refractivity contribution in [3.8, 4) is 0 Å². The van der Waals surface area contributed by atoms with Crippen LogP contribution >= 0.6 is 0 Å². The molecule has 0 aromatic carbocycles. The summed E-state index contributed by atoms with van der Waals surface area (Å²) in [4.78, 5) is 0. The zero-order valence-corrected chi connectivity index (χ0v) is 11.4. The molecule has 0 aliphatic carbocycles. The molecule has 1 aliphatic heterocycles. The fraction of sp³-hybridized carbons (Fsp3) is 0.846. The van der Waals surface area contributed by atoms with Gasteiger partial charge >= 0.3 is 0 Å². The lowest BCUT2D eigenvalue weighted by atomic mass is 10.1. The molecule has 1 N–H and O–H groups in total. The molecule has 0 spiro atoms. The van der Waals surface area contributed by atoms with Gasteiger partial charge in [-0.25, -0.2) is 0 Å². The van der Waals surface area contributed by atoms with E-state index in [1.54, 1.807) is 13.2 Å². The zero-order chi connectivity index (χ0) is 13.6. The first kappa shape index (κ1) is 15.6. The van der Waals surface area contributed by atoms with Gasteiger partial charge in [-0.3, -0.25) is 0 Å². The number of rotatable bonds is 7. The fourth-order valence-corrected chi connectivity index (χ4v) is 1.69. The normalized spacial score (nSPS) is 29.2. The van der Waals surface area contributed by atoms with Gasteiger partial charge in [0.25, 0.3) is 0 Å². The predicted molar refractivity (Wildman–Crippen MR) is 67.1 cm³/mol. The van der Waals surface area contributed by atoms with Gasteiger partial charge in [0.15, 0.2) is 12.1 Å². The van der Waals surface area contributed by atoms with Gasteiger partial charge in [0.2, 0.25) is 0 Å². The van der Waals surface area contributed by atoms with Crippen LogP contribution in [0.25, 0.3) is 0 Å². The Hall–Kier alpha value is -0.460. The van der Waals surface area contributed by atoms with Crippen LogP contribution in [-0.4, -0.2) is 49.7 Å². The van der Waals surface area contributed by atoms with E-state index in [0.29, 0.717) is 26.1 Å². The third-order valence-corrected chi connectivity index (χ3v) is 2.85. The Morgan fingerprint density at radius 3 is 2.78 bits per heavy atom. The molecule has 1 saturated heterocycles. The van der Waals surface area contributed by atoms with Gasteiger partial charge in [-0.15, -0.1) is 6.58 Å². The van der Waals surface area contributed by atoms with Crippen molar-refractivity contribution in [2.24, 2.45) is 0 Å². The number of aliphatic hydroxyl groups is 1. The molecule has 0 bridgehead atoms. The Morgan fingerprint density at radius 1 is 1.44 bits per heavy atom. The molecule has 0 aromatic rings. The monoisotopic (exact) mass is 260 g/mol. The minimum atomic E-state index is -0.650. The third-order valence-electron chi connectivity index (χ3n) is 2.85. The van der Waals surface area contributed by atoms with E-state index >= 15 is 0 Å². The number of ether oxygens (including phenoxy) is 4. The van der Waals surface area contributed by atoms with Crippen LogP contribution in [0, 0.1) is 0 Å². The summed E-state index contributed by atoms with van der Waals surface area (Å²) in [6, 6.07) is 0. The minimum absolute atomic E-state index is 0.182. The lowest BCUT2D eigenvalue weighted by Crippen LogP contribution is -2.41. The Kier molecular flexibility index (Phi) is 6.25. The molecular weight excluding hydrogens is 236 g/mol. The van der Waals surface area contributed by atoms with Gasteiger partial charge < -0.3 is 24.1 Å². The van der Waals surface area contributed by atoms with Crippen molar-refractivity contribution in [2.45, 2.75) is 51.0 Å². The Morgan fingerprint density at radius 2 is 2.17 bits per heavy atom. The van der Waals surface area contributed by atoms with E-state index in [9.17, 15) is 5.11 Å². The lowest BCUT2D eigenvalue weighted by Gasteiger charge is -2.34. The van der Waals surface area contributed by atoms with Crippen molar-refractivity contribution in [2.75, 3.05) is 20.3 Å². The van der Waals surface area contributed by atoms with Crippen molar-refractivity contribution in [3.05, 3.63) is 12.7 Å². The predicted octanol–water partition coefficient (Wildman–Crippen LogP) is 1.45. The molecule has 1 rings (SSSR count). The van der Waals surface area contributed by atoms with Crippen molar-refractivity contribution < 1.29 is 24.1 Å². The SMILES string of the molecule is C=CCOC1CC(O)CC(COC(C)(C)OC)O1.